The van der Waals surface area contributed by atoms with Crippen LogP contribution in [0.15, 0.2) is 51.6 Å². The van der Waals surface area contributed by atoms with Gasteiger partial charge in [-0.2, -0.15) is 0 Å². The Bertz CT molecular complexity index is 1140. The minimum Gasteiger partial charge on any atom is -0.451 e. The van der Waals surface area contributed by atoms with Crippen molar-refractivity contribution >= 4 is 39.5 Å². The Morgan fingerprint density at radius 2 is 2.11 bits per heavy atom. The van der Waals surface area contributed by atoms with E-state index in [9.17, 15) is 9.18 Å². The van der Waals surface area contributed by atoms with Crippen LogP contribution in [-0.4, -0.2) is 17.4 Å². The molecular formula is C21H16FNO2S2. The number of furan rings is 1. The summed E-state index contributed by atoms with van der Waals surface area (Å²) in [6.07, 6.45) is 0.842. The first kappa shape index (κ1) is 16.7. The minimum atomic E-state index is -0.331. The van der Waals surface area contributed by atoms with E-state index in [4.69, 9.17) is 4.42 Å². The highest BCUT2D eigenvalue weighted by atomic mass is 32.1. The summed E-state index contributed by atoms with van der Waals surface area (Å²) in [5, 5.41) is 4.78. The maximum atomic E-state index is 13.6. The predicted molar refractivity (Wildman–Crippen MR) is 106 cm³/mol. The van der Waals surface area contributed by atoms with E-state index in [0.29, 0.717) is 28.8 Å². The van der Waals surface area contributed by atoms with Gasteiger partial charge in [-0.05, 0) is 60.0 Å². The van der Waals surface area contributed by atoms with Crippen molar-refractivity contribution in [2.45, 2.75) is 19.4 Å². The highest BCUT2D eigenvalue weighted by Crippen LogP contribution is 2.41. The van der Waals surface area contributed by atoms with E-state index in [0.717, 1.165) is 11.3 Å². The summed E-state index contributed by atoms with van der Waals surface area (Å²) in [6, 6.07) is 10.5. The number of hydrogen-bond donors (Lipinski definition) is 0. The van der Waals surface area contributed by atoms with Crippen LogP contribution in [0.3, 0.4) is 0 Å². The van der Waals surface area contributed by atoms with Crippen molar-refractivity contribution in [1.82, 2.24) is 4.90 Å². The van der Waals surface area contributed by atoms with Gasteiger partial charge in [0.2, 0.25) is 0 Å². The summed E-state index contributed by atoms with van der Waals surface area (Å²) < 4.78 is 19.5. The molecule has 0 aliphatic carbocycles. The molecule has 6 heteroatoms. The second kappa shape index (κ2) is 6.32. The van der Waals surface area contributed by atoms with E-state index in [-0.39, 0.29) is 17.8 Å². The summed E-state index contributed by atoms with van der Waals surface area (Å²) >= 11 is 3.40. The molecule has 0 saturated heterocycles. The Morgan fingerprint density at radius 1 is 1.22 bits per heavy atom. The maximum absolute atomic E-state index is 13.6. The Hall–Kier alpha value is -2.44. The first-order valence-electron chi connectivity index (χ1n) is 8.73. The number of amides is 1. The lowest BCUT2D eigenvalue weighted by atomic mass is 9.98. The number of halogens is 1. The first-order chi connectivity index (χ1) is 13.1. The Morgan fingerprint density at radius 3 is 2.93 bits per heavy atom. The molecule has 0 N–H and O–H groups in total. The fourth-order valence-electron chi connectivity index (χ4n) is 3.82. The molecule has 4 aromatic rings. The van der Waals surface area contributed by atoms with E-state index in [1.807, 2.05) is 23.3 Å². The predicted octanol–water partition coefficient (Wildman–Crippen LogP) is 5.79. The van der Waals surface area contributed by atoms with Gasteiger partial charge in [-0.1, -0.05) is 6.07 Å². The summed E-state index contributed by atoms with van der Waals surface area (Å²) in [5.74, 6) is -0.169. The fourth-order valence-corrected chi connectivity index (χ4v) is 5.57. The topological polar surface area (TPSA) is 33.5 Å². The molecule has 136 valence electrons. The van der Waals surface area contributed by atoms with E-state index >= 15 is 0 Å². The van der Waals surface area contributed by atoms with Crippen LogP contribution < -0.4 is 0 Å². The first-order valence-corrected chi connectivity index (χ1v) is 10.5. The molecule has 0 radical (unpaired) electrons. The molecular weight excluding hydrogens is 381 g/mol. The SMILES string of the molecule is Cc1c(C(=O)N2CCc3sccc3C2c2cccs2)oc2ccc(F)cc12. The molecule has 1 aromatic carbocycles. The number of carbonyl (C=O) groups is 1. The minimum absolute atomic E-state index is 0.100. The zero-order valence-electron chi connectivity index (χ0n) is 14.6. The van der Waals surface area contributed by atoms with Crippen molar-refractivity contribution < 1.29 is 13.6 Å². The molecule has 0 fully saturated rings. The Labute approximate surface area is 163 Å². The zero-order chi connectivity index (χ0) is 18.5. The van der Waals surface area contributed by atoms with Crippen LogP contribution >= 0.6 is 22.7 Å². The second-order valence-electron chi connectivity index (χ2n) is 6.66. The van der Waals surface area contributed by atoms with Gasteiger partial charge < -0.3 is 9.32 Å². The summed E-state index contributed by atoms with van der Waals surface area (Å²) in [5.41, 5.74) is 2.43. The third-order valence-electron chi connectivity index (χ3n) is 5.13. The summed E-state index contributed by atoms with van der Waals surface area (Å²) in [7, 11) is 0. The normalized spacial score (nSPS) is 16.7. The molecule has 1 atom stereocenters. The summed E-state index contributed by atoms with van der Waals surface area (Å²) in [4.78, 5) is 17.8. The van der Waals surface area contributed by atoms with E-state index < -0.39 is 0 Å². The van der Waals surface area contributed by atoms with Crippen molar-refractivity contribution in [3.8, 4) is 0 Å². The van der Waals surface area contributed by atoms with Crippen molar-refractivity contribution in [3.63, 3.8) is 0 Å². The lowest BCUT2D eigenvalue weighted by molar-refractivity contribution is 0.0667. The second-order valence-corrected chi connectivity index (χ2v) is 8.64. The molecule has 1 unspecified atom stereocenters. The molecule has 5 rings (SSSR count). The highest BCUT2D eigenvalue weighted by Gasteiger charge is 2.36. The van der Waals surface area contributed by atoms with Gasteiger partial charge in [0.05, 0.1) is 6.04 Å². The number of carbonyl (C=O) groups excluding carboxylic acids is 1. The van der Waals surface area contributed by atoms with Crippen LogP contribution in [0.2, 0.25) is 0 Å². The molecule has 1 aliphatic heterocycles. The van der Waals surface area contributed by atoms with Crippen LogP contribution in [0.5, 0.6) is 0 Å². The summed E-state index contributed by atoms with van der Waals surface area (Å²) in [6.45, 7) is 2.46. The van der Waals surface area contributed by atoms with Crippen molar-refractivity contribution in [2.24, 2.45) is 0 Å². The van der Waals surface area contributed by atoms with Gasteiger partial charge in [0, 0.05) is 27.2 Å². The van der Waals surface area contributed by atoms with Gasteiger partial charge >= 0.3 is 0 Å². The lowest BCUT2D eigenvalue weighted by Crippen LogP contribution is -2.39. The third-order valence-corrected chi connectivity index (χ3v) is 7.05. The van der Waals surface area contributed by atoms with E-state index in [1.54, 1.807) is 28.7 Å². The third kappa shape index (κ3) is 2.63. The van der Waals surface area contributed by atoms with Crippen molar-refractivity contribution in [1.29, 1.82) is 0 Å². The molecule has 1 aliphatic rings. The van der Waals surface area contributed by atoms with Crippen LogP contribution in [0.1, 0.15) is 37.5 Å². The van der Waals surface area contributed by atoms with Crippen molar-refractivity contribution in [2.75, 3.05) is 6.54 Å². The van der Waals surface area contributed by atoms with Gasteiger partial charge in [-0.15, -0.1) is 22.7 Å². The van der Waals surface area contributed by atoms with Crippen molar-refractivity contribution in [3.05, 3.63) is 79.6 Å². The highest BCUT2D eigenvalue weighted by molar-refractivity contribution is 7.10. The van der Waals surface area contributed by atoms with Gasteiger partial charge in [-0.25, -0.2) is 4.39 Å². The van der Waals surface area contributed by atoms with Gasteiger partial charge in [0.25, 0.3) is 5.91 Å². The lowest BCUT2D eigenvalue weighted by Gasteiger charge is -2.35. The largest absolute Gasteiger partial charge is 0.451 e. The molecule has 0 saturated carbocycles. The molecule has 3 nitrogen and oxygen atoms in total. The van der Waals surface area contributed by atoms with Crippen LogP contribution in [0, 0.1) is 12.7 Å². The molecule has 1 amide bonds. The number of aryl methyl sites for hydroxylation is 1. The fraction of sp³-hybridized carbons (Fsp3) is 0.190. The monoisotopic (exact) mass is 397 g/mol. The van der Waals surface area contributed by atoms with Gasteiger partial charge in [0.1, 0.15) is 11.4 Å². The molecule has 27 heavy (non-hydrogen) atoms. The Balaban J connectivity index is 1.61. The standard InChI is InChI=1S/C21H16FNO2S2/c1-12-15-11-13(22)4-5-16(15)25-20(12)21(24)23-8-6-17-14(7-10-27-17)19(23)18-3-2-9-26-18/h2-5,7,9-11,19H,6,8H2,1H3. The molecule has 4 heterocycles. The number of fused-ring (bicyclic) bond motifs is 2. The average Bonchev–Trinajstić information content (AvgIpc) is 3.41. The van der Waals surface area contributed by atoms with Crippen LogP contribution in [0.4, 0.5) is 4.39 Å². The number of thiophene rings is 2. The smallest absolute Gasteiger partial charge is 0.290 e. The zero-order valence-corrected chi connectivity index (χ0v) is 16.2. The number of benzene rings is 1. The number of hydrogen-bond acceptors (Lipinski definition) is 4. The quantitative estimate of drug-likeness (QED) is 0.429. The Kier molecular flexibility index (Phi) is 3.91. The molecule has 0 bridgehead atoms. The van der Waals surface area contributed by atoms with E-state index in [1.165, 1.54) is 22.6 Å². The van der Waals surface area contributed by atoms with E-state index in [2.05, 4.69) is 17.5 Å². The van der Waals surface area contributed by atoms with Gasteiger partial charge in [-0.3, -0.25) is 4.79 Å². The van der Waals surface area contributed by atoms with Gasteiger partial charge in [0.15, 0.2) is 5.76 Å². The molecule has 0 spiro atoms. The molecule has 3 aromatic heterocycles. The average molecular weight is 397 g/mol. The number of nitrogens with zero attached hydrogens (tertiary/aromatic N) is 1. The number of rotatable bonds is 2. The van der Waals surface area contributed by atoms with Crippen LogP contribution in [-0.2, 0) is 6.42 Å². The van der Waals surface area contributed by atoms with Crippen LogP contribution in [0.25, 0.3) is 11.0 Å². The maximum Gasteiger partial charge on any atom is 0.290 e.